The summed E-state index contributed by atoms with van der Waals surface area (Å²) in [7, 11) is 0. The summed E-state index contributed by atoms with van der Waals surface area (Å²) in [6.45, 7) is 17.5. The molecule has 0 saturated heterocycles. The van der Waals surface area contributed by atoms with Gasteiger partial charge in [-0.15, -0.1) is 0 Å². The highest BCUT2D eigenvalue weighted by atomic mass is 32.1. The quantitative estimate of drug-likeness (QED) is 0.304. The molecule has 0 aliphatic carbocycles. The van der Waals surface area contributed by atoms with E-state index in [4.69, 9.17) is 4.74 Å². The predicted molar refractivity (Wildman–Crippen MR) is 145 cm³/mol. The smallest absolute Gasteiger partial charge is 0.408 e. The number of rotatable bonds is 10. The highest BCUT2D eigenvalue weighted by Gasteiger charge is 2.42. The van der Waals surface area contributed by atoms with Crippen LogP contribution in [0.2, 0.25) is 0 Å². The monoisotopic (exact) mass is 507 g/mol. The lowest BCUT2D eigenvalue weighted by molar-refractivity contribution is -0.148. The van der Waals surface area contributed by atoms with Crippen LogP contribution in [0, 0.1) is 13.8 Å². The molecule has 0 spiro atoms. The molecule has 0 saturated carbocycles. The molecule has 2 N–H and O–H groups in total. The molecular weight excluding hydrogens is 462 g/mol. The number of carbonyl (C=O) groups excluding carboxylic acids is 3. The van der Waals surface area contributed by atoms with E-state index in [1.807, 2.05) is 52.8 Å². The Bertz CT molecular complexity index is 874. The van der Waals surface area contributed by atoms with E-state index in [-0.39, 0.29) is 11.7 Å². The third-order valence-corrected chi connectivity index (χ3v) is 5.80. The molecular formula is C27H45N3O4S. The second-order valence-corrected chi connectivity index (χ2v) is 11.4. The average molecular weight is 508 g/mol. The second-order valence-electron chi connectivity index (χ2n) is 11.0. The van der Waals surface area contributed by atoms with Crippen LogP contribution in [0.5, 0.6) is 0 Å². The zero-order chi connectivity index (χ0) is 27.0. The second kappa shape index (κ2) is 13.2. The SMILES string of the molecule is CCCCCNC(=O)C(c1ccc(C)cc1C)N(C(=O)C(CS)NC(=O)OC(C)(C)C)C(C)(C)C. The van der Waals surface area contributed by atoms with Crippen LogP contribution >= 0.6 is 12.6 Å². The third-order valence-electron chi connectivity index (χ3n) is 5.44. The number of aryl methyl sites for hydroxylation is 2. The number of nitrogens with zero attached hydrogens (tertiary/aromatic N) is 1. The first-order valence-electron chi connectivity index (χ1n) is 12.4. The maximum Gasteiger partial charge on any atom is 0.408 e. The Kier molecular flexibility index (Phi) is 11.6. The van der Waals surface area contributed by atoms with Crippen LogP contribution in [0.3, 0.4) is 0 Å². The van der Waals surface area contributed by atoms with Crippen molar-refractivity contribution < 1.29 is 19.1 Å². The fraction of sp³-hybridized carbons (Fsp3) is 0.667. The lowest BCUT2D eigenvalue weighted by atomic mass is 9.92. The maximum absolute atomic E-state index is 13.9. The molecule has 0 aliphatic heterocycles. The number of alkyl carbamates (subject to hydrolysis) is 1. The van der Waals surface area contributed by atoms with Crippen molar-refractivity contribution in [2.45, 2.75) is 105 Å². The summed E-state index contributed by atoms with van der Waals surface area (Å²) in [5.41, 5.74) is 1.31. The van der Waals surface area contributed by atoms with Crippen LogP contribution in [0.25, 0.3) is 0 Å². The third kappa shape index (κ3) is 9.74. The first-order valence-corrected chi connectivity index (χ1v) is 13.0. The maximum atomic E-state index is 13.9. The molecule has 0 aliphatic rings. The van der Waals surface area contributed by atoms with Crippen molar-refractivity contribution in [1.82, 2.24) is 15.5 Å². The summed E-state index contributed by atoms with van der Waals surface area (Å²) < 4.78 is 5.35. The molecule has 0 fully saturated rings. The number of amides is 3. The van der Waals surface area contributed by atoms with E-state index in [1.165, 1.54) is 0 Å². The van der Waals surface area contributed by atoms with Crippen molar-refractivity contribution in [2.24, 2.45) is 0 Å². The highest BCUT2D eigenvalue weighted by Crippen LogP contribution is 2.32. The van der Waals surface area contributed by atoms with Crippen LogP contribution in [0.1, 0.15) is 90.5 Å². The van der Waals surface area contributed by atoms with Crippen LogP contribution in [0.15, 0.2) is 18.2 Å². The molecule has 7 nitrogen and oxygen atoms in total. The zero-order valence-corrected chi connectivity index (χ0v) is 23.8. The molecule has 35 heavy (non-hydrogen) atoms. The van der Waals surface area contributed by atoms with Crippen molar-refractivity contribution in [1.29, 1.82) is 0 Å². The number of unbranched alkanes of at least 4 members (excludes halogenated alkanes) is 2. The van der Waals surface area contributed by atoms with E-state index >= 15 is 0 Å². The molecule has 1 aromatic rings. The summed E-state index contributed by atoms with van der Waals surface area (Å²) >= 11 is 4.33. The van der Waals surface area contributed by atoms with E-state index in [0.29, 0.717) is 6.54 Å². The van der Waals surface area contributed by atoms with Gasteiger partial charge in [-0.1, -0.05) is 43.5 Å². The molecule has 0 radical (unpaired) electrons. The van der Waals surface area contributed by atoms with Gasteiger partial charge in [-0.05, 0) is 72.9 Å². The molecule has 2 atom stereocenters. The van der Waals surface area contributed by atoms with E-state index in [2.05, 4.69) is 30.2 Å². The fourth-order valence-electron chi connectivity index (χ4n) is 3.86. The van der Waals surface area contributed by atoms with Gasteiger partial charge in [0.1, 0.15) is 17.7 Å². The van der Waals surface area contributed by atoms with Gasteiger partial charge in [0.05, 0.1) is 0 Å². The van der Waals surface area contributed by atoms with Crippen molar-refractivity contribution in [3.05, 3.63) is 34.9 Å². The van der Waals surface area contributed by atoms with Gasteiger partial charge in [0.15, 0.2) is 0 Å². The van der Waals surface area contributed by atoms with Crippen LogP contribution in [-0.4, -0.2) is 52.3 Å². The normalized spacial score (nSPS) is 13.5. The number of ether oxygens (including phenoxy) is 1. The van der Waals surface area contributed by atoms with E-state index < -0.39 is 35.2 Å². The minimum absolute atomic E-state index is 0.0579. The molecule has 198 valence electrons. The van der Waals surface area contributed by atoms with E-state index in [0.717, 1.165) is 36.0 Å². The molecule has 0 heterocycles. The minimum atomic E-state index is -0.964. The molecule has 0 bridgehead atoms. The summed E-state index contributed by atoms with van der Waals surface area (Å²) in [6.07, 6.45) is 2.22. The van der Waals surface area contributed by atoms with Gasteiger partial charge in [0.2, 0.25) is 11.8 Å². The number of benzene rings is 1. The van der Waals surface area contributed by atoms with Crippen LogP contribution < -0.4 is 10.6 Å². The minimum Gasteiger partial charge on any atom is -0.444 e. The standard InChI is InChI=1S/C27H45N3O4S/c1-10-11-12-15-28-23(31)22(20-14-13-18(2)16-19(20)3)30(26(4,5)6)24(32)21(17-35)29-25(33)34-27(7,8)9/h13-14,16,21-22,35H,10-12,15,17H2,1-9H3,(H,28,31)(H,29,33). The first kappa shape index (κ1) is 30.8. The Balaban J connectivity index is 3.46. The number of nitrogens with one attached hydrogen (secondary N) is 2. The van der Waals surface area contributed by atoms with Gasteiger partial charge in [-0.3, -0.25) is 9.59 Å². The van der Waals surface area contributed by atoms with E-state index in [9.17, 15) is 14.4 Å². The molecule has 2 unspecified atom stereocenters. The van der Waals surface area contributed by atoms with Gasteiger partial charge in [-0.25, -0.2) is 4.79 Å². The number of hydrogen-bond donors (Lipinski definition) is 3. The number of hydrogen-bond acceptors (Lipinski definition) is 5. The summed E-state index contributed by atoms with van der Waals surface area (Å²) in [5, 5.41) is 5.67. The van der Waals surface area contributed by atoms with Gasteiger partial charge < -0.3 is 20.3 Å². The Labute approximate surface area is 217 Å². The van der Waals surface area contributed by atoms with Gasteiger partial charge in [0.25, 0.3) is 0 Å². The van der Waals surface area contributed by atoms with Gasteiger partial charge >= 0.3 is 6.09 Å². The number of thiol groups is 1. The van der Waals surface area contributed by atoms with Crippen molar-refractivity contribution in [3.8, 4) is 0 Å². The largest absolute Gasteiger partial charge is 0.444 e. The Morgan fingerprint density at radius 2 is 1.69 bits per heavy atom. The topological polar surface area (TPSA) is 87.7 Å². The lowest BCUT2D eigenvalue weighted by Crippen LogP contribution is -2.59. The van der Waals surface area contributed by atoms with E-state index in [1.54, 1.807) is 25.7 Å². The van der Waals surface area contributed by atoms with Crippen molar-refractivity contribution in [2.75, 3.05) is 12.3 Å². The van der Waals surface area contributed by atoms with Gasteiger partial charge in [-0.2, -0.15) is 12.6 Å². The molecule has 0 aromatic heterocycles. The molecule has 1 aromatic carbocycles. The zero-order valence-electron chi connectivity index (χ0n) is 22.9. The number of carbonyl (C=O) groups is 3. The lowest BCUT2D eigenvalue weighted by Gasteiger charge is -2.43. The van der Waals surface area contributed by atoms with Crippen molar-refractivity contribution >= 4 is 30.5 Å². The Hall–Kier alpha value is -2.22. The van der Waals surface area contributed by atoms with Crippen LogP contribution in [-0.2, 0) is 14.3 Å². The summed E-state index contributed by atoms with van der Waals surface area (Å²) in [4.78, 5) is 41.6. The molecule has 8 heteroatoms. The predicted octanol–water partition coefficient (Wildman–Crippen LogP) is 5.10. The summed E-state index contributed by atoms with van der Waals surface area (Å²) in [6, 6.07) is 4.03. The molecule has 1 rings (SSSR count). The van der Waals surface area contributed by atoms with Crippen LogP contribution in [0.4, 0.5) is 4.79 Å². The molecule has 3 amide bonds. The van der Waals surface area contributed by atoms with Crippen molar-refractivity contribution in [3.63, 3.8) is 0 Å². The fourth-order valence-corrected chi connectivity index (χ4v) is 4.11. The van der Waals surface area contributed by atoms with Gasteiger partial charge in [0, 0.05) is 17.8 Å². The Morgan fingerprint density at radius 3 is 2.17 bits per heavy atom. The highest BCUT2D eigenvalue weighted by molar-refractivity contribution is 7.80. The summed E-state index contributed by atoms with van der Waals surface area (Å²) in [5.74, 6) is -0.582. The first-order chi connectivity index (χ1) is 16.1. The Morgan fingerprint density at radius 1 is 1.06 bits per heavy atom. The average Bonchev–Trinajstić information content (AvgIpc) is 2.71.